The molecule has 0 saturated heterocycles. The maximum atomic E-state index is 11.1. The van der Waals surface area contributed by atoms with E-state index in [2.05, 4.69) is 24.3 Å². The number of fused-ring (bicyclic) bond motifs is 2. The Labute approximate surface area is 93.6 Å². The molecule has 3 aliphatic rings. The number of hydrogen-bond donors (Lipinski definition) is 1. The Balaban J connectivity index is 1.93. The molecule has 0 unspecified atom stereocenters. The van der Waals surface area contributed by atoms with Gasteiger partial charge >= 0.3 is 5.97 Å². The van der Waals surface area contributed by atoms with Gasteiger partial charge in [-0.25, -0.2) is 0 Å². The maximum Gasteiger partial charge on any atom is 0.307 e. The molecule has 0 aliphatic heterocycles. The van der Waals surface area contributed by atoms with Crippen LogP contribution in [0.2, 0.25) is 0 Å². The zero-order valence-corrected chi connectivity index (χ0v) is 8.81. The summed E-state index contributed by atoms with van der Waals surface area (Å²) in [5, 5.41) is 9.15. The van der Waals surface area contributed by atoms with Crippen LogP contribution in [0.1, 0.15) is 29.0 Å². The molecule has 1 aromatic rings. The first-order chi connectivity index (χ1) is 7.77. The molecule has 0 amide bonds. The maximum absolute atomic E-state index is 11.1. The van der Waals surface area contributed by atoms with Gasteiger partial charge in [0.05, 0.1) is 5.92 Å². The van der Waals surface area contributed by atoms with Gasteiger partial charge in [-0.1, -0.05) is 24.3 Å². The van der Waals surface area contributed by atoms with E-state index in [0.29, 0.717) is 0 Å². The van der Waals surface area contributed by atoms with Crippen molar-refractivity contribution in [2.24, 2.45) is 11.8 Å². The second kappa shape index (κ2) is 2.57. The molecule has 2 heteroatoms. The summed E-state index contributed by atoms with van der Waals surface area (Å²) in [7, 11) is 0. The molecule has 0 bridgehead atoms. The van der Waals surface area contributed by atoms with Crippen LogP contribution in [0.25, 0.3) is 5.57 Å². The molecular weight excluding hydrogens is 200 g/mol. The lowest BCUT2D eigenvalue weighted by Gasteiger charge is -2.13. The van der Waals surface area contributed by atoms with Gasteiger partial charge in [-0.05, 0) is 41.0 Å². The highest BCUT2D eigenvalue weighted by Crippen LogP contribution is 2.61. The highest BCUT2D eigenvalue weighted by atomic mass is 16.4. The fourth-order valence-corrected chi connectivity index (χ4v) is 3.55. The summed E-state index contributed by atoms with van der Waals surface area (Å²) in [6.45, 7) is 0. The number of carboxylic acids is 1. The topological polar surface area (TPSA) is 37.3 Å². The third kappa shape index (κ3) is 0.861. The van der Waals surface area contributed by atoms with Crippen LogP contribution in [0.4, 0.5) is 0 Å². The molecule has 80 valence electrons. The van der Waals surface area contributed by atoms with Crippen molar-refractivity contribution >= 4 is 11.5 Å². The third-order valence-corrected chi connectivity index (χ3v) is 4.28. The van der Waals surface area contributed by atoms with E-state index in [4.69, 9.17) is 5.11 Å². The number of hydrogen-bond acceptors (Lipinski definition) is 1. The molecule has 3 atom stereocenters. The van der Waals surface area contributed by atoms with E-state index >= 15 is 0 Å². The molecular formula is C14H12O2. The van der Waals surface area contributed by atoms with Gasteiger partial charge < -0.3 is 5.11 Å². The zero-order valence-electron chi connectivity index (χ0n) is 8.81. The molecule has 0 spiro atoms. The van der Waals surface area contributed by atoms with Crippen LogP contribution >= 0.6 is 0 Å². The molecule has 16 heavy (non-hydrogen) atoms. The minimum atomic E-state index is -0.635. The molecule has 0 radical (unpaired) electrons. The monoisotopic (exact) mass is 212 g/mol. The predicted octanol–water partition coefficient (Wildman–Crippen LogP) is 2.44. The number of carboxylic acid groups (broad SMARTS) is 1. The molecule has 1 fully saturated rings. The molecule has 0 heterocycles. The summed E-state index contributed by atoms with van der Waals surface area (Å²) < 4.78 is 0. The van der Waals surface area contributed by atoms with Gasteiger partial charge in [-0.15, -0.1) is 0 Å². The summed E-state index contributed by atoms with van der Waals surface area (Å²) in [4.78, 5) is 11.1. The molecule has 4 rings (SSSR count). The summed E-state index contributed by atoms with van der Waals surface area (Å²) in [5.41, 5.74) is 5.49. The highest BCUT2D eigenvalue weighted by Gasteiger charge is 2.57. The number of benzene rings is 1. The van der Waals surface area contributed by atoms with E-state index < -0.39 is 5.97 Å². The highest BCUT2D eigenvalue weighted by molar-refractivity contribution is 5.85. The quantitative estimate of drug-likeness (QED) is 0.776. The Kier molecular flexibility index (Phi) is 1.37. The predicted molar refractivity (Wildman–Crippen MR) is 60.1 cm³/mol. The fraction of sp³-hybridized carbons (Fsp3) is 0.357. The number of rotatable bonds is 1. The van der Waals surface area contributed by atoms with Crippen LogP contribution in [0.3, 0.4) is 0 Å². The van der Waals surface area contributed by atoms with E-state index in [0.717, 1.165) is 12.8 Å². The Bertz CT molecular complexity index is 542. The lowest BCUT2D eigenvalue weighted by molar-refractivity contribution is -0.138. The van der Waals surface area contributed by atoms with Crippen molar-refractivity contribution in [1.29, 1.82) is 0 Å². The molecule has 0 aromatic heterocycles. The first-order valence-electron chi connectivity index (χ1n) is 5.83. The van der Waals surface area contributed by atoms with Crippen LogP contribution in [0, 0.1) is 11.8 Å². The van der Waals surface area contributed by atoms with Gasteiger partial charge in [0.1, 0.15) is 0 Å². The van der Waals surface area contributed by atoms with Crippen LogP contribution in [0.5, 0.6) is 0 Å². The summed E-state index contributed by atoms with van der Waals surface area (Å²) in [6.07, 6.45) is 4.45. The van der Waals surface area contributed by atoms with Gasteiger partial charge in [-0.2, -0.15) is 0 Å². The van der Waals surface area contributed by atoms with Gasteiger partial charge in [-0.3, -0.25) is 4.79 Å². The number of aryl methyl sites for hydroxylation is 1. The average molecular weight is 212 g/mol. The van der Waals surface area contributed by atoms with Crippen LogP contribution in [-0.2, 0) is 11.2 Å². The minimum absolute atomic E-state index is 0.162. The van der Waals surface area contributed by atoms with Crippen molar-refractivity contribution in [2.45, 2.75) is 18.8 Å². The number of allylic oxidation sites excluding steroid dienone is 2. The van der Waals surface area contributed by atoms with E-state index in [1.165, 1.54) is 22.3 Å². The van der Waals surface area contributed by atoms with Gasteiger partial charge in [0.25, 0.3) is 0 Å². The summed E-state index contributed by atoms with van der Waals surface area (Å²) >= 11 is 0. The van der Waals surface area contributed by atoms with Crippen molar-refractivity contribution in [3.05, 3.63) is 41.0 Å². The number of aliphatic carboxylic acids is 1. The van der Waals surface area contributed by atoms with Crippen molar-refractivity contribution in [3.63, 3.8) is 0 Å². The summed E-state index contributed by atoms with van der Waals surface area (Å²) in [5.74, 6) is -0.267. The molecule has 1 aromatic carbocycles. The standard InChI is InChI=1S/C14H12O2/c15-14(16)13-10-6-8-5-4-7-2-1-3-9(11(7)8)12(10)13/h1-3,6,10,12-13H,4-5H2,(H,15,16)/t10-,12+,13-/m1/s1. The van der Waals surface area contributed by atoms with E-state index in [-0.39, 0.29) is 17.8 Å². The second-order valence-electron chi connectivity index (χ2n) is 5.04. The van der Waals surface area contributed by atoms with Gasteiger partial charge in [0.15, 0.2) is 0 Å². The van der Waals surface area contributed by atoms with E-state index in [1.54, 1.807) is 0 Å². The molecule has 1 N–H and O–H groups in total. The first kappa shape index (κ1) is 8.57. The van der Waals surface area contributed by atoms with Crippen molar-refractivity contribution in [3.8, 4) is 0 Å². The molecule has 2 nitrogen and oxygen atoms in total. The first-order valence-corrected chi connectivity index (χ1v) is 5.83. The Morgan fingerprint density at radius 2 is 2.19 bits per heavy atom. The number of carbonyl (C=O) groups is 1. The Morgan fingerprint density at radius 1 is 1.31 bits per heavy atom. The smallest absolute Gasteiger partial charge is 0.307 e. The van der Waals surface area contributed by atoms with Crippen molar-refractivity contribution in [1.82, 2.24) is 0 Å². The van der Waals surface area contributed by atoms with Crippen LogP contribution < -0.4 is 0 Å². The normalized spacial score (nSPS) is 32.8. The van der Waals surface area contributed by atoms with Crippen molar-refractivity contribution < 1.29 is 9.90 Å². The lowest BCUT2D eigenvalue weighted by Crippen LogP contribution is -2.00. The van der Waals surface area contributed by atoms with E-state index in [1.807, 2.05) is 0 Å². The average Bonchev–Trinajstić information content (AvgIpc) is 2.86. The van der Waals surface area contributed by atoms with Gasteiger partial charge in [0.2, 0.25) is 0 Å². The minimum Gasteiger partial charge on any atom is -0.481 e. The Hall–Kier alpha value is -1.57. The largest absolute Gasteiger partial charge is 0.481 e. The van der Waals surface area contributed by atoms with E-state index in [9.17, 15) is 4.79 Å². The van der Waals surface area contributed by atoms with Gasteiger partial charge in [0, 0.05) is 5.92 Å². The lowest BCUT2D eigenvalue weighted by atomic mass is 9.91. The third-order valence-electron chi connectivity index (χ3n) is 4.28. The van der Waals surface area contributed by atoms with Crippen LogP contribution in [0.15, 0.2) is 24.3 Å². The fourth-order valence-electron chi connectivity index (χ4n) is 3.55. The summed E-state index contributed by atoms with van der Waals surface area (Å²) in [6, 6.07) is 6.38. The molecule has 1 saturated carbocycles. The molecule has 3 aliphatic carbocycles. The SMILES string of the molecule is O=C(O)[C@@H]1[C@@H]2C=C3CCc4cccc(c43)[C@@H]21. The van der Waals surface area contributed by atoms with Crippen LogP contribution in [-0.4, -0.2) is 11.1 Å². The zero-order chi connectivity index (χ0) is 10.9. The van der Waals surface area contributed by atoms with Crippen molar-refractivity contribution in [2.75, 3.05) is 0 Å². The second-order valence-corrected chi connectivity index (χ2v) is 5.04. The Morgan fingerprint density at radius 3 is 3.00 bits per heavy atom.